The smallest absolute Gasteiger partial charge is 0.255 e. The van der Waals surface area contributed by atoms with Gasteiger partial charge in [-0.25, -0.2) is 4.98 Å². The topological polar surface area (TPSA) is 94.9 Å². The Morgan fingerprint density at radius 2 is 1.81 bits per heavy atom. The maximum atomic E-state index is 12.5. The van der Waals surface area contributed by atoms with E-state index in [-0.39, 0.29) is 11.7 Å². The summed E-state index contributed by atoms with van der Waals surface area (Å²) in [7, 11) is 0. The normalized spacial score (nSPS) is 9.93. The molecule has 2 N–H and O–H groups in total. The highest BCUT2D eigenvalue weighted by Crippen LogP contribution is 2.19. The zero-order chi connectivity index (χ0) is 19.2. The van der Waals surface area contributed by atoms with Crippen molar-refractivity contribution in [3.05, 3.63) is 83.6 Å². The Balaban J connectivity index is 1.79. The van der Waals surface area contributed by atoms with E-state index in [1.54, 1.807) is 54.6 Å². The molecule has 3 rings (SSSR count). The Hall–Kier alpha value is -3.98. The van der Waals surface area contributed by atoms with Crippen LogP contribution in [-0.2, 0) is 0 Å². The molecule has 132 valence electrons. The number of nitriles is 1. The largest absolute Gasteiger partial charge is 0.340 e. The molecule has 3 aromatic rings. The zero-order valence-electron chi connectivity index (χ0n) is 14.6. The van der Waals surface area contributed by atoms with Crippen LogP contribution in [0.3, 0.4) is 0 Å². The van der Waals surface area contributed by atoms with Gasteiger partial charge >= 0.3 is 0 Å². The van der Waals surface area contributed by atoms with E-state index in [4.69, 9.17) is 5.26 Å². The molecule has 0 radical (unpaired) electrons. The Labute approximate surface area is 156 Å². The third kappa shape index (κ3) is 4.35. The van der Waals surface area contributed by atoms with Gasteiger partial charge in [0, 0.05) is 23.0 Å². The van der Waals surface area contributed by atoms with Gasteiger partial charge in [0.05, 0.1) is 11.3 Å². The van der Waals surface area contributed by atoms with Gasteiger partial charge in [-0.15, -0.1) is 0 Å². The van der Waals surface area contributed by atoms with Crippen molar-refractivity contribution in [3.63, 3.8) is 0 Å². The number of ketones is 1. The number of amides is 1. The van der Waals surface area contributed by atoms with Crippen LogP contribution in [0.5, 0.6) is 0 Å². The molecule has 6 nitrogen and oxygen atoms in total. The lowest BCUT2D eigenvalue weighted by Crippen LogP contribution is -2.13. The minimum Gasteiger partial charge on any atom is -0.340 e. The molecule has 0 spiro atoms. The molecule has 1 aromatic heterocycles. The van der Waals surface area contributed by atoms with E-state index in [0.717, 1.165) is 0 Å². The van der Waals surface area contributed by atoms with Crippen molar-refractivity contribution in [2.75, 3.05) is 10.6 Å². The molecule has 6 heteroatoms. The van der Waals surface area contributed by atoms with Gasteiger partial charge in [0.25, 0.3) is 5.91 Å². The summed E-state index contributed by atoms with van der Waals surface area (Å²) in [5.74, 6) is 0.0912. The predicted octanol–water partition coefficient (Wildman–Crippen LogP) is 4.15. The first-order chi connectivity index (χ1) is 13.1. The van der Waals surface area contributed by atoms with Crippen LogP contribution in [0.15, 0.2) is 66.9 Å². The molecular formula is C21H16N4O2. The number of benzene rings is 2. The van der Waals surface area contributed by atoms with E-state index in [1.807, 2.05) is 12.1 Å². The molecule has 0 fully saturated rings. The van der Waals surface area contributed by atoms with Crippen molar-refractivity contribution in [2.45, 2.75) is 6.92 Å². The van der Waals surface area contributed by atoms with Gasteiger partial charge in [-0.1, -0.05) is 24.3 Å². The van der Waals surface area contributed by atoms with Gasteiger partial charge in [-0.2, -0.15) is 5.26 Å². The number of anilines is 3. The summed E-state index contributed by atoms with van der Waals surface area (Å²) in [6, 6.07) is 19.1. The number of carbonyl (C=O) groups is 2. The van der Waals surface area contributed by atoms with Crippen LogP contribution >= 0.6 is 0 Å². The van der Waals surface area contributed by atoms with Crippen LogP contribution in [-0.4, -0.2) is 16.7 Å². The second-order valence-electron chi connectivity index (χ2n) is 5.80. The number of para-hydroxylation sites is 1. The van der Waals surface area contributed by atoms with Crippen LogP contribution < -0.4 is 10.6 Å². The van der Waals surface area contributed by atoms with Gasteiger partial charge in [-0.3, -0.25) is 9.59 Å². The van der Waals surface area contributed by atoms with E-state index in [2.05, 4.69) is 15.6 Å². The quantitative estimate of drug-likeness (QED) is 0.670. The summed E-state index contributed by atoms with van der Waals surface area (Å²) in [6.07, 6.45) is 1.52. The third-order valence-electron chi connectivity index (χ3n) is 3.86. The monoisotopic (exact) mass is 356 g/mol. The second kappa shape index (κ2) is 7.93. The molecule has 0 saturated heterocycles. The molecule has 0 aliphatic rings. The molecular weight excluding hydrogens is 340 g/mol. The molecule has 1 amide bonds. The molecule has 1 heterocycles. The lowest BCUT2D eigenvalue weighted by Gasteiger charge is -2.10. The lowest BCUT2D eigenvalue weighted by molar-refractivity contribution is 0.101. The number of nitrogens with one attached hydrogen (secondary N) is 2. The maximum absolute atomic E-state index is 12.5. The number of Topliss-reactive ketones (excluding diaryl/α,β-unsaturated/α-hetero) is 1. The van der Waals surface area contributed by atoms with Crippen molar-refractivity contribution < 1.29 is 9.59 Å². The summed E-state index contributed by atoms with van der Waals surface area (Å²) in [5.41, 5.74) is 2.51. The maximum Gasteiger partial charge on any atom is 0.255 e. The SMILES string of the molecule is CC(=O)c1cccc(Nc2cc(C(=O)Nc3ccccc3C#N)ccn2)c1. The zero-order valence-corrected chi connectivity index (χ0v) is 14.6. The van der Waals surface area contributed by atoms with Crippen molar-refractivity contribution >= 4 is 28.9 Å². The van der Waals surface area contributed by atoms with Crippen LogP contribution in [0.4, 0.5) is 17.2 Å². The lowest BCUT2D eigenvalue weighted by atomic mass is 10.1. The van der Waals surface area contributed by atoms with Gasteiger partial charge < -0.3 is 10.6 Å². The number of nitrogens with zero attached hydrogens (tertiary/aromatic N) is 2. The minimum absolute atomic E-state index is 0.0316. The highest BCUT2D eigenvalue weighted by Gasteiger charge is 2.10. The molecule has 0 aliphatic carbocycles. The number of carbonyl (C=O) groups excluding carboxylic acids is 2. The first-order valence-electron chi connectivity index (χ1n) is 8.21. The predicted molar refractivity (Wildman–Crippen MR) is 103 cm³/mol. The fourth-order valence-corrected chi connectivity index (χ4v) is 2.49. The summed E-state index contributed by atoms with van der Waals surface area (Å²) in [4.78, 5) is 28.2. The molecule has 0 unspecified atom stereocenters. The first kappa shape index (κ1) is 17.8. The highest BCUT2D eigenvalue weighted by atomic mass is 16.1. The van der Waals surface area contributed by atoms with Gasteiger partial charge in [0.2, 0.25) is 0 Å². The van der Waals surface area contributed by atoms with Crippen molar-refractivity contribution in [1.82, 2.24) is 4.98 Å². The average molecular weight is 356 g/mol. The highest BCUT2D eigenvalue weighted by molar-refractivity contribution is 6.05. The number of aromatic nitrogens is 1. The van der Waals surface area contributed by atoms with E-state index in [1.165, 1.54) is 13.1 Å². The number of hydrogen-bond acceptors (Lipinski definition) is 5. The molecule has 0 atom stereocenters. The summed E-state index contributed by atoms with van der Waals surface area (Å²) >= 11 is 0. The molecule has 0 saturated carbocycles. The molecule has 2 aromatic carbocycles. The van der Waals surface area contributed by atoms with Crippen LogP contribution in [0.2, 0.25) is 0 Å². The minimum atomic E-state index is -0.347. The Morgan fingerprint density at radius 3 is 2.59 bits per heavy atom. The van der Waals surface area contributed by atoms with Crippen molar-refractivity contribution in [2.24, 2.45) is 0 Å². The van der Waals surface area contributed by atoms with Gasteiger partial charge in [0.1, 0.15) is 11.9 Å². The number of rotatable bonds is 5. The van der Waals surface area contributed by atoms with Crippen LogP contribution in [0, 0.1) is 11.3 Å². The average Bonchev–Trinajstić information content (AvgIpc) is 2.69. The van der Waals surface area contributed by atoms with Crippen molar-refractivity contribution in [3.8, 4) is 6.07 Å². The standard InChI is InChI=1S/C21H16N4O2/c1-14(26)15-6-4-7-18(11-15)24-20-12-16(9-10-23-20)21(27)25-19-8-3-2-5-17(19)13-22/h2-12H,1H3,(H,23,24)(H,25,27). The number of pyridine rings is 1. The fraction of sp³-hybridized carbons (Fsp3) is 0.0476. The van der Waals surface area contributed by atoms with E-state index < -0.39 is 0 Å². The third-order valence-corrected chi connectivity index (χ3v) is 3.86. The molecule has 0 bridgehead atoms. The summed E-state index contributed by atoms with van der Waals surface area (Å²) < 4.78 is 0. The van der Waals surface area contributed by atoms with E-state index >= 15 is 0 Å². The Morgan fingerprint density at radius 1 is 1.00 bits per heavy atom. The van der Waals surface area contributed by atoms with E-state index in [9.17, 15) is 9.59 Å². The van der Waals surface area contributed by atoms with Crippen molar-refractivity contribution in [1.29, 1.82) is 5.26 Å². The molecule has 0 aliphatic heterocycles. The second-order valence-corrected chi connectivity index (χ2v) is 5.80. The Bertz CT molecular complexity index is 1050. The Kier molecular flexibility index (Phi) is 5.24. The first-order valence-corrected chi connectivity index (χ1v) is 8.21. The number of hydrogen-bond donors (Lipinski definition) is 2. The van der Waals surface area contributed by atoms with Crippen LogP contribution in [0.25, 0.3) is 0 Å². The fourth-order valence-electron chi connectivity index (χ4n) is 2.49. The molecule has 27 heavy (non-hydrogen) atoms. The summed E-state index contributed by atoms with van der Waals surface area (Å²) in [5, 5.41) is 14.9. The van der Waals surface area contributed by atoms with Gasteiger partial charge in [0.15, 0.2) is 5.78 Å². The van der Waals surface area contributed by atoms with Gasteiger partial charge in [-0.05, 0) is 43.3 Å². The summed E-state index contributed by atoms with van der Waals surface area (Å²) in [6.45, 7) is 1.50. The van der Waals surface area contributed by atoms with Crippen LogP contribution in [0.1, 0.15) is 33.2 Å². The van der Waals surface area contributed by atoms with E-state index in [0.29, 0.717) is 33.9 Å².